The highest BCUT2D eigenvalue weighted by Crippen LogP contribution is 2.51. The molecule has 1 amide bonds. The van der Waals surface area contributed by atoms with Crippen molar-refractivity contribution >= 4 is 22.8 Å². The highest BCUT2D eigenvalue weighted by Gasteiger charge is 2.66. The van der Waals surface area contributed by atoms with Gasteiger partial charge in [-0.05, 0) is 13.0 Å². The molecule has 1 aliphatic rings. The number of amides is 1. The van der Waals surface area contributed by atoms with Crippen molar-refractivity contribution in [3.8, 4) is 0 Å². The number of carbonyl (C=O) groups excluding carboxylic acids is 1. The minimum atomic E-state index is -1.42. The van der Waals surface area contributed by atoms with E-state index >= 15 is 0 Å². The molecule has 7 nitrogen and oxygen atoms in total. The SMILES string of the molecule is CCOC1CC(NC(=O)c2oc3ccccc3c2COC)(C(=O)O)C1(C)C. The van der Waals surface area contributed by atoms with E-state index in [4.69, 9.17) is 13.9 Å². The number of para-hydroxylation sites is 1. The molecule has 27 heavy (non-hydrogen) atoms. The van der Waals surface area contributed by atoms with Crippen molar-refractivity contribution in [3.63, 3.8) is 0 Å². The summed E-state index contributed by atoms with van der Waals surface area (Å²) >= 11 is 0. The van der Waals surface area contributed by atoms with Crippen LogP contribution in [0, 0.1) is 5.41 Å². The Bertz CT molecular complexity index is 870. The Morgan fingerprint density at radius 1 is 1.33 bits per heavy atom. The van der Waals surface area contributed by atoms with Crippen LogP contribution in [0.2, 0.25) is 0 Å². The van der Waals surface area contributed by atoms with E-state index in [9.17, 15) is 14.7 Å². The second-order valence-corrected chi connectivity index (χ2v) is 7.37. The van der Waals surface area contributed by atoms with Gasteiger partial charge < -0.3 is 24.3 Å². The first kappa shape index (κ1) is 19.4. The van der Waals surface area contributed by atoms with Gasteiger partial charge in [0.25, 0.3) is 5.91 Å². The van der Waals surface area contributed by atoms with E-state index in [1.165, 1.54) is 7.11 Å². The fraction of sp³-hybridized carbons (Fsp3) is 0.500. The Morgan fingerprint density at radius 3 is 2.63 bits per heavy atom. The van der Waals surface area contributed by atoms with Crippen LogP contribution in [0.5, 0.6) is 0 Å². The lowest BCUT2D eigenvalue weighted by Gasteiger charge is -2.58. The number of nitrogens with one attached hydrogen (secondary N) is 1. The molecular formula is C20H25NO6. The minimum Gasteiger partial charge on any atom is -0.479 e. The molecular weight excluding hydrogens is 350 g/mol. The molecule has 3 rings (SSSR count). The summed E-state index contributed by atoms with van der Waals surface area (Å²) in [6, 6.07) is 7.26. The number of carboxylic acids is 1. The van der Waals surface area contributed by atoms with Crippen molar-refractivity contribution in [1.82, 2.24) is 5.32 Å². The highest BCUT2D eigenvalue weighted by molar-refractivity contribution is 6.01. The molecule has 1 saturated carbocycles. The van der Waals surface area contributed by atoms with E-state index in [0.29, 0.717) is 17.8 Å². The summed E-state index contributed by atoms with van der Waals surface area (Å²) < 4.78 is 16.6. The topological polar surface area (TPSA) is 98.0 Å². The van der Waals surface area contributed by atoms with E-state index in [0.717, 1.165) is 5.39 Å². The van der Waals surface area contributed by atoms with Gasteiger partial charge in [0.2, 0.25) is 0 Å². The van der Waals surface area contributed by atoms with Crippen LogP contribution in [0.25, 0.3) is 11.0 Å². The van der Waals surface area contributed by atoms with Crippen molar-refractivity contribution in [2.75, 3.05) is 13.7 Å². The summed E-state index contributed by atoms with van der Waals surface area (Å²) in [5.74, 6) is -1.57. The van der Waals surface area contributed by atoms with Crippen LogP contribution in [0.4, 0.5) is 0 Å². The molecule has 1 aliphatic carbocycles. The smallest absolute Gasteiger partial charge is 0.330 e. The summed E-state index contributed by atoms with van der Waals surface area (Å²) in [5, 5.41) is 13.4. The lowest BCUT2D eigenvalue weighted by atomic mass is 9.54. The number of rotatable bonds is 7. The maximum absolute atomic E-state index is 13.0. The van der Waals surface area contributed by atoms with Crippen LogP contribution in [0.3, 0.4) is 0 Å². The molecule has 1 aromatic heterocycles. The molecule has 0 radical (unpaired) electrons. The maximum atomic E-state index is 13.0. The van der Waals surface area contributed by atoms with E-state index in [2.05, 4.69) is 5.32 Å². The predicted octanol–water partition coefficient (Wildman–Crippen LogP) is 2.97. The standard InChI is InChI=1S/C20H25NO6/c1-5-26-15-10-20(18(23)24,19(15,2)3)21-17(22)16-13(11-25-4)12-8-6-7-9-14(12)27-16/h6-9,15H,5,10-11H2,1-4H3,(H,21,22)(H,23,24). The normalized spacial score (nSPS) is 23.8. The zero-order chi connectivity index (χ0) is 19.8. The van der Waals surface area contributed by atoms with Crippen molar-refractivity contribution in [2.45, 2.75) is 45.4 Å². The fourth-order valence-corrected chi connectivity index (χ4v) is 3.86. The van der Waals surface area contributed by atoms with Gasteiger partial charge in [0.1, 0.15) is 11.1 Å². The minimum absolute atomic E-state index is 0.0781. The van der Waals surface area contributed by atoms with Crippen LogP contribution >= 0.6 is 0 Å². The van der Waals surface area contributed by atoms with Crippen molar-refractivity contribution < 1.29 is 28.6 Å². The summed E-state index contributed by atoms with van der Waals surface area (Å²) in [7, 11) is 1.53. The monoisotopic (exact) mass is 375 g/mol. The molecule has 1 heterocycles. The van der Waals surface area contributed by atoms with Gasteiger partial charge in [0.05, 0.1) is 12.7 Å². The number of methoxy groups -OCH3 is 1. The average molecular weight is 375 g/mol. The Labute approximate surface area is 157 Å². The number of carbonyl (C=O) groups is 2. The number of aliphatic carboxylic acids is 1. The molecule has 2 atom stereocenters. The number of fused-ring (bicyclic) bond motifs is 1. The Kier molecular flexibility index (Phi) is 5.01. The van der Waals surface area contributed by atoms with Crippen LogP contribution in [-0.2, 0) is 20.9 Å². The number of hydrogen-bond acceptors (Lipinski definition) is 5. The summed E-state index contributed by atoms with van der Waals surface area (Å²) in [6.07, 6.45) is -0.0394. The predicted molar refractivity (Wildman–Crippen MR) is 98.6 cm³/mol. The van der Waals surface area contributed by atoms with Gasteiger partial charge in [-0.1, -0.05) is 32.0 Å². The zero-order valence-corrected chi connectivity index (χ0v) is 16.0. The third-order valence-electron chi connectivity index (χ3n) is 5.65. The van der Waals surface area contributed by atoms with Crippen LogP contribution in [0.15, 0.2) is 28.7 Å². The fourth-order valence-electron chi connectivity index (χ4n) is 3.86. The summed E-state index contributed by atoms with van der Waals surface area (Å²) in [6.45, 7) is 6.12. The molecule has 2 aromatic rings. The van der Waals surface area contributed by atoms with Gasteiger partial charge in [0.15, 0.2) is 5.76 Å². The van der Waals surface area contributed by atoms with Crippen molar-refractivity contribution in [2.24, 2.45) is 5.41 Å². The van der Waals surface area contributed by atoms with Gasteiger partial charge in [-0.15, -0.1) is 0 Å². The second kappa shape index (κ2) is 6.98. The lowest BCUT2D eigenvalue weighted by molar-refractivity contribution is -0.190. The molecule has 0 aliphatic heterocycles. The molecule has 0 bridgehead atoms. The number of carboxylic acid groups (broad SMARTS) is 1. The summed E-state index contributed by atoms with van der Waals surface area (Å²) in [4.78, 5) is 25.1. The van der Waals surface area contributed by atoms with E-state index < -0.39 is 22.8 Å². The molecule has 1 fully saturated rings. The first-order valence-electron chi connectivity index (χ1n) is 8.95. The van der Waals surface area contributed by atoms with E-state index in [-0.39, 0.29) is 24.9 Å². The maximum Gasteiger partial charge on any atom is 0.330 e. The number of ether oxygens (including phenoxy) is 2. The van der Waals surface area contributed by atoms with E-state index in [1.54, 1.807) is 19.9 Å². The van der Waals surface area contributed by atoms with E-state index in [1.807, 2.05) is 25.1 Å². The molecule has 0 saturated heterocycles. The van der Waals surface area contributed by atoms with Gasteiger partial charge >= 0.3 is 5.97 Å². The number of benzene rings is 1. The first-order valence-corrected chi connectivity index (χ1v) is 8.95. The van der Waals surface area contributed by atoms with Crippen LogP contribution < -0.4 is 5.32 Å². The third kappa shape index (κ3) is 2.91. The van der Waals surface area contributed by atoms with Gasteiger partial charge in [0, 0.05) is 36.5 Å². The molecule has 146 valence electrons. The Morgan fingerprint density at radius 2 is 2.04 bits per heavy atom. The van der Waals surface area contributed by atoms with Crippen molar-refractivity contribution in [1.29, 1.82) is 0 Å². The molecule has 2 N–H and O–H groups in total. The average Bonchev–Trinajstić information content (AvgIpc) is 2.99. The zero-order valence-electron chi connectivity index (χ0n) is 16.0. The Hall–Kier alpha value is -2.38. The first-order chi connectivity index (χ1) is 12.8. The largest absolute Gasteiger partial charge is 0.479 e. The highest BCUT2D eigenvalue weighted by atomic mass is 16.5. The van der Waals surface area contributed by atoms with Crippen molar-refractivity contribution in [3.05, 3.63) is 35.6 Å². The third-order valence-corrected chi connectivity index (χ3v) is 5.65. The number of furan rings is 1. The number of hydrogen-bond donors (Lipinski definition) is 2. The van der Waals surface area contributed by atoms with Gasteiger partial charge in [-0.2, -0.15) is 0 Å². The molecule has 2 unspecified atom stereocenters. The quantitative estimate of drug-likeness (QED) is 0.772. The molecule has 1 aromatic carbocycles. The van der Waals surface area contributed by atoms with Crippen LogP contribution in [0.1, 0.15) is 43.3 Å². The van der Waals surface area contributed by atoms with Gasteiger partial charge in [-0.3, -0.25) is 4.79 Å². The lowest BCUT2D eigenvalue weighted by Crippen LogP contribution is -2.76. The summed E-state index contributed by atoms with van der Waals surface area (Å²) in [5.41, 5.74) is -1.03. The molecule has 0 spiro atoms. The van der Waals surface area contributed by atoms with Gasteiger partial charge in [-0.25, -0.2) is 4.79 Å². The Balaban J connectivity index is 1.96. The van der Waals surface area contributed by atoms with Crippen LogP contribution in [-0.4, -0.2) is 42.3 Å². The second-order valence-electron chi connectivity index (χ2n) is 7.37. The molecule has 7 heteroatoms.